The van der Waals surface area contributed by atoms with E-state index >= 15 is 0 Å². The van der Waals surface area contributed by atoms with E-state index < -0.39 is 0 Å². The Labute approximate surface area is 340 Å². The first-order valence-electron chi connectivity index (χ1n) is 19.8. The molecule has 1 unspecified atom stereocenters. The summed E-state index contributed by atoms with van der Waals surface area (Å²) >= 11 is 0. The van der Waals surface area contributed by atoms with Gasteiger partial charge >= 0.3 is 0 Å². The van der Waals surface area contributed by atoms with Gasteiger partial charge in [-0.1, -0.05) is 109 Å². The van der Waals surface area contributed by atoms with E-state index in [1.807, 2.05) is 111 Å². The Morgan fingerprint density at radius 2 is 0.746 bits per heavy atom. The van der Waals surface area contributed by atoms with Crippen LogP contribution in [0.1, 0.15) is 20.3 Å². The molecule has 0 bridgehead atoms. The number of pyridine rings is 2. The number of aromatic nitrogens is 4. The summed E-state index contributed by atoms with van der Waals surface area (Å²) in [4.78, 5) is 9.23. The zero-order valence-corrected chi connectivity index (χ0v) is 32.5. The quantitative estimate of drug-likeness (QED) is 0.144. The molecule has 0 spiro atoms. The molecule has 0 amide bonds. The first-order valence-corrected chi connectivity index (χ1v) is 19.8. The molecule has 2 N–H and O–H groups in total. The third-order valence-corrected chi connectivity index (χ3v) is 11.1. The summed E-state index contributed by atoms with van der Waals surface area (Å²) in [5.74, 6) is 1.48. The van der Waals surface area contributed by atoms with E-state index in [0.29, 0.717) is 40.4 Å². The van der Waals surface area contributed by atoms with Crippen LogP contribution in [0.5, 0.6) is 23.0 Å². The fourth-order valence-corrected chi connectivity index (χ4v) is 8.55. The number of hydrogen-bond acceptors (Lipinski definition) is 6. The molecule has 0 aliphatic rings. The standard InChI is InChI=1S/C51H40N4O4/c1-32(58-48-25-13-7-19-38(48)40-28-52-30-46(50(40)56)54-42-21-9-3-15-34(42)35-16-4-10-22-43(35)54)27-33(2)59-49-26-14-8-20-39(49)41-29-53-31-47(51(41)57)55-44-23-11-5-17-36(44)37-18-6-12-24-45(37)55/h3-26,28-33H,27H2,1-2H3,(H,52,56)(H,53,57)/t32-,33?/m1/s1. The minimum atomic E-state index is -0.261. The molecule has 10 rings (SSSR count). The Hall–Kier alpha value is -7.58. The van der Waals surface area contributed by atoms with E-state index in [0.717, 1.165) is 54.7 Å². The lowest BCUT2D eigenvalue weighted by Crippen LogP contribution is -2.23. The van der Waals surface area contributed by atoms with Crippen molar-refractivity contribution in [2.45, 2.75) is 32.5 Å². The van der Waals surface area contributed by atoms with Gasteiger partial charge in [-0.15, -0.1) is 0 Å². The van der Waals surface area contributed by atoms with Crippen LogP contribution in [0.2, 0.25) is 0 Å². The smallest absolute Gasteiger partial charge is 0.150 e. The van der Waals surface area contributed by atoms with Crippen LogP contribution < -0.4 is 9.47 Å². The van der Waals surface area contributed by atoms with E-state index in [1.165, 1.54) is 0 Å². The van der Waals surface area contributed by atoms with E-state index in [4.69, 9.17) is 9.47 Å². The number of hydrogen-bond donors (Lipinski definition) is 2. The number of nitrogens with zero attached hydrogens (tertiary/aromatic N) is 4. The van der Waals surface area contributed by atoms with E-state index in [1.54, 1.807) is 24.8 Å². The highest BCUT2D eigenvalue weighted by Crippen LogP contribution is 2.44. The van der Waals surface area contributed by atoms with Gasteiger partial charge in [-0.25, -0.2) is 0 Å². The molecule has 10 aromatic rings. The minimum absolute atomic E-state index is 0.114. The first-order chi connectivity index (χ1) is 29.0. The summed E-state index contributed by atoms with van der Waals surface area (Å²) < 4.78 is 17.4. The predicted octanol–water partition coefficient (Wildman–Crippen LogP) is 12.0. The lowest BCUT2D eigenvalue weighted by Gasteiger charge is -2.23. The van der Waals surface area contributed by atoms with Crippen molar-refractivity contribution < 1.29 is 19.7 Å². The van der Waals surface area contributed by atoms with Crippen LogP contribution in [0, 0.1) is 0 Å². The third kappa shape index (κ3) is 6.17. The van der Waals surface area contributed by atoms with Gasteiger partial charge in [-0.3, -0.25) is 9.97 Å². The van der Waals surface area contributed by atoms with Gasteiger partial charge in [-0.2, -0.15) is 0 Å². The summed E-state index contributed by atoms with van der Waals surface area (Å²) in [6.07, 6.45) is 6.81. The molecule has 0 saturated heterocycles. The van der Waals surface area contributed by atoms with Crippen LogP contribution in [0.4, 0.5) is 0 Å². The Balaban J connectivity index is 0.917. The van der Waals surface area contributed by atoms with Gasteiger partial charge in [0.2, 0.25) is 0 Å². The normalized spacial score (nSPS) is 12.6. The van der Waals surface area contributed by atoms with Crippen molar-refractivity contribution in [2.75, 3.05) is 0 Å². The summed E-state index contributed by atoms with van der Waals surface area (Å²) in [6, 6.07) is 48.2. The van der Waals surface area contributed by atoms with Crippen molar-refractivity contribution >= 4 is 43.6 Å². The fourth-order valence-electron chi connectivity index (χ4n) is 8.55. The van der Waals surface area contributed by atoms with E-state index in [-0.39, 0.29) is 23.7 Å². The minimum Gasteiger partial charge on any atom is -0.505 e. The maximum atomic E-state index is 11.9. The maximum Gasteiger partial charge on any atom is 0.150 e. The molecule has 6 aromatic carbocycles. The van der Waals surface area contributed by atoms with Gasteiger partial charge in [0.1, 0.15) is 22.9 Å². The second-order valence-electron chi connectivity index (χ2n) is 14.9. The number of ether oxygens (including phenoxy) is 2. The molecule has 2 atom stereocenters. The summed E-state index contributed by atoms with van der Waals surface area (Å²) in [5, 5.41) is 28.3. The number of fused-ring (bicyclic) bond motifs is 6. The van der Waals surface area contributed by atoms with Crippen molar-refractivity contribution in [3.8, 4) is 56.6 Å². The lowest BCUT2D eigenvalue weighted by molar-refractivity contribution is 0.131. The van der Waals surface area contributed by atoms with Crippen molar-refractivity contribution in [2.24, 2.45) is 0 Å². The van der Waals surface area contributed by atoms with E-state index in [2.05, 4.69) is 67.6 Å². The fraction of sp³-hybridized carbons (Fsp3) is 0.0980. The molecule has 8 nitrogen and oxygen atoms in total. The predicted molar refractivity (Wildman–Crippen MR) is 236 cm³/mol. The monoisotopic (exact) mass is 772 g/mol. The SMILES string of the molecule is CC(C[C@@H](C)Oc1ccccc1-c1cncc(-n2c3ccccc3c3ccccc32)c1O)Oc1ccccc1-c1cncc(-n2c3ccccc3c3ccccc32)c1O. The van der Waals surface area contributed by atoms with Crippen LogP contribution >= 0.6 is 0 Å². The van der Waals surface area contributed by atoms with Crippen molar-refractivity contribution in [1.82, 2.24) is 19.1 Å². The molecule has 0 aliphatic heterocycles. The van der Waals surface area contributed by atoms with E-state index in [9.17, 15) is 10.2 Å². The molecule has 4 aromatic heterocycles. The lowest BCUT2D eigenvalue weighted by atomic mass is 10.0. The van der Waals surface area contributed by atoms with Crippen molar-refractivity contribution in [3.05, 3.63) is 170 Å². The van der Waals surface area contributed by atoms with Crippen LogP contribution in [-0.2, 0) is 0 Å². The van der Waals surface area contributed by atoms with Crippen LogP contribution in [0.3, 0.4) is 0 Å². The van der Waals surface area contributed by atoms with Gasteiger partial charge in [0.25, 0.3) is 0 Å². The second-order valence-corrected chi connectivity index (χ2v) is 14.9. The number of aromatic hydroxyl groups is 2. The Kier molecular flexibility index (Phi) is 8.94. The maximum absolute atomic E-state index is 11.9. The Bertz CT molecular complexity index is 2870. The molecule has 0 radical (unpaired) electrons. The van der Waals surface area contributed by atoms with Crippen molar-refractivity contribution in [3.63, 3.8) is 0 Å². The number of rotatable bonds is 10. The molecule has 59 heavy (non-hydrogen) atoms. The summed E-state index contributed by atoms with van der Waals surface area (Å²) in [5.41, 5.74) is 7.73. The highest BCUT2D eigenvalue weighted by molar-refractivity contribution is 6.10. The summed E-state index contributed by atoms with van der Waals surface area (Å²) in [7, 11) is 0. The molecule has 0 fully saturated rings. The van der Waals surface area contributed by atoms with Gasteiger partial charge in [0, 0.05) is 62.6 Å². The highest BCUT2D eigenvalue weighted by Gasteiger charge is 2.23. The van der Waals surface area contributed by atoms with Gasteiger partial charge in [0.05, 0.1) is 46.7 Å². The largest absolute Gasteiger partial charge is 0.505 e. The Morgan fingerprint density at radius 1 is 0.424 bits per heavy atom. The van der Waals surface area contributed by atoms with Crippen LogP contribution in [-0.4, -0.2) is 41.5 Å². The van der Waals surface area contributed by atoms with Crippen molar-refractivity contribution in [1.29, 1.82) is 0 Å². The average molecular weight is 773 g/mol. The molecule has 4 heterocycles. The first kappa shape index (κ1) is 35.8. The number of para-hydroxylation sites is 6. The van der Waals surface area contributed by atoms with Crippen LogP contribution in [0.15, 0.2) is 170 Å². The van der Waals surface area contributed by atoms with Gasteiger partial charge in [-0.05, 0) is 50.2 Å². The topological polar surface area (TPSA) is 94.6 Å². The summed E-state index contributed by atoms with van der Waals surface area (Å²) in [6.45, 7) is 4.03. The highest BCUT2D eigenvalue weighted by atomic mass is 16.5. The zero-order chi connectivity index (χ0) is 40.0. The zero-order valence-electron chi connectivity index (χ0n) is 32.5. The molecule has 0 saturated carbocycles. The molecular formula is C51H40N4O4. The molecule has 0 aliphatic carbocycles. The molecule has 288 valence electrons. The van der Waals surface area contributed by atoms with Gasteiger partial charge in [0.15, 0.2) is 11.5 Å². The third-order valence-electron chi connectivity index (χ3n) is 11.1. The Morgan fingerprint density at radius 3 is 1.12 bits per heavy atom. The molecule has 8 heteroatoms. The number of benzene rings is 6. The average Bonchev–Trinajstić information content (AvgIpc) is 3.77. The molecular weight excluding hydrogens is 733 g/mol. The second kappa shape index (κ2) is 14.7. The van der Waals surface area contributed by atoms with Gasteiger partial charge < -0.3 is 28.8 Å². The van der Waals surface area contributed by atoms with Crippen LogP contribution in [0.25, 0.3) is 77.2 Å².